The number of carbonyl (C=O) groups excluding carboxylic acids is 5. The summed E-state index contributed by atoms with van der Waals surface area (Å²) in [5.74, 6) is -7.96. The molecule has 0 radical (unpaired) electrons. The smallest absolute Gasteiger partial charge is 0.329 e. The minimum absolute atomic E-state index is 0.0193. The number of methoxy groups -OCH3 is 3. The third kappa shape index (κ3) is 14.3. The number of aliphatic hydroxyl groups is 3. The SMILES string of the molecule is COC1C[C@@H]2CC[C@@H](C)[C@@](O)(O2)C(=O)C(=O)N2CCCC[C@H]2C(=O)O[C@H]([C@H](C)C[C@@H]2CC[C@@H](O)[C@H](OC)C2)CC(=O)C(C)/C=C(\C)C(O)[C@@H](OC)C(=O)[C@H](C)C[C@H](C)/C=C/C=C/C=C/1C. The highest BCUT2D eigenvalue weighted by molar-refractivity contribution is 6.39. The van der Waals surface area contributed by atoms with Gasteiger partial charge in [0.05, 0.1) is 24.4 Å². The Morgan fingerprint density at radius 1 is 0.846 bits per heavy atom. The van der Waals surface area contributed by atoms with Gasteiger partial charge in [-0.1, -0.05) is 71.1 Å². The predicted molar refractivity (Wildman–Crippen MR) is 245 cm³/mol. The Morgan fingerprint density at radius 2 is 1.57 bits per heavy atom. The molecular weight excluding hydrogens is 835 g/mol. The van der Waals surface area contributed by atoms with Gasteiger partial charge in [-0.3, -0.25) is 19.2 Å². The zero-order chi connectivity index (χ0) is 48.2. The topological polar surface area (TPSA) is 195 Å². The normalized spacial score (nSPS) is 40.4. The number of allylic oxidation sites excluding steroid dienone is 6. The number of cyclic esters (lactones) is 1. The van der Waals surface area contributed by atoms with Gasteiger partial charge in [-0.05, 0) is 107 Å². The van der Waals surface area contributed by atoms with E-state index in [0.29, 0.717) is 63.4 Å². The van der Waals surface area contributed by atoms with E-state index in [9.17, 15) is 39.3 Å². The number of rotatable bonds is 6. The molecule has 0 aromatic rings. The van der Waals surface area contributed by atoms with Crippen LogP contribution in [0.1, 0.15) is 126 Å². The number of ether oxygens (including phenoxy) is 5. The van der Waals surface area contributed by atoms with Crippen molar-refractivity contribution in [2.75, 3.05) is 27.9 Å². The summed E-state index contributed by atoms with van der Waals surface area (Å²) in [6.07, 6.45) is 11.2. The molecule has 1 amide bonds. The Kier molecular flexibility index (Phi) is 21.0. The Hall–Kier alpha value is -3.37. The summed E-state index contributed by atoms with van der Waals surface area (Å²) in [5, 5.41) is 33.8. The van der Waals surface area contributed by atoms with E-state index in [1.807, 2.05) is 58.1 Å². The molecule has 4 aliphatic rings. The van der Waals surface area contributed by atoms with Crippen LogP contribution in [0.25, 0.3) is 0 Å². The van der Waals surface area contributed by atoms with E-state index < -0.39 is 83.9 Å². The van der Waals surface area contributed by atoms with Crippen LogP contribution in [0.2, 0.25) is 0 Å². The highest BCUT2D eigenvalue weighted by Crippen LogP contribution is 2.38. The number of piperidine rings is 1. The van der Waals surface area contributed by atoms with Crippen LogP contribution >= 0.6 is 0 Å². The number of esters is 1. The average Bonchev–Trinajstić information content (AvgIpc) is 3.28. The highest BCUT2D eigenvalue weighted by atomic mass is 16.6. The number of hydrogen-bond donors (Lipinski definition) is 3. The summed E-state index contributed by atoms with van der Waals surface area (Å²) < 4.78 is 29.4. The van der Waals surface area contributed by atoms with Crippen LogP contribution in [-0.4, -0.2) is 132 Å². The number of amides is 1. The molecule has 4 rings (SSSR count). The first-order valence-corrected chi connectivity index (χ1v) is 23.9. The van der Waals surface area contributed by atoms with Gasteiger partial charge < -0.3 is 43.9 Å². The minimum Gasteiger partial charge on any atom is -0.460 e. The number of aliphatic hydroxyl groups excluding tert-OH is 2. The van der Waals surface area contributed by atoms with Crippen LogP contribution in [-0.2, 0) is 47.7 Å². The van der Waals surface area contributed by atoms with E-state index >= 15 is 0 Å². The lowest BCUT2D eigenvalue weighted by Gasteiger charge is -2.42. The molecule has 3 aliphatic heterocycles. The first-order chi connectivity index (χ1) is 30.7. The number of hydrogen-bond acceptors (Lipinski definition) is 13. The summed E-state index contributed by atoms with van der Waals surface area (Å²) >= 11 is 0. The van der Waals surface area contributed by atoms with Crippen LogP contribution in [0.5, 0.6) is 0 Å². The fourth-order valence-electron chi connectivity index (χ4n) is 10.1. The molecule has 1 aliphatic carbocycles. The monoisotopic (exact) mass is 914 g/mol. The van der Waals surface area contributed by atoms with Gasteiger partial charge >= 0.3 is 5.97 Å². The molecule has 14 heteroatoms. The van der Waals surface area contributed by atoms with Crippen molar-refractivity contribution in [1.82, 2.24) is 4.90 Å². The highest BCUT2D eigenvalue weighted by Gasteiger charge is 2.53. The van der Waals surface area contributed by atoms with Crippen molar-refractivity contribution < 1.29 is 63.0 Å². The lowest BCUT2D eigenvalue weighted by molar-refractivity contribution is -0.265. The lowest BCUT2D eigenvalue weighted by atomic mass is 9.78. The van der Waals surface area contributed by atoms with E-state index in [-0.39, 0.29) is 54.8 Å². The van der Waals surface area contributed by atoms with Gasteiger partial charge in [0.25, 0.3) is 11.7 Å². The van der Waals surface area contributed by atoms with Crippen molar-refractivity contribution in [1.29, 1.82) is 0 Å². The molecule has 3 N–H and O–H groups in total. The largest absolute Gasteiger partial charge is 0.460 e. The van der Waals surface area contributed by atoms with Crippen molar-refractivity contribution in [3.05, 3.63) is 47.6 Å². The van der Waals surface area contributed by atoms with Gasteiger partial charge in [-0.25, -0.2) is 4.79 Å². The third-order valence-electron chi connectivity index (χ3n) is 14.5. The van der Waals surface area contributed by atoms with Crippen LogP contribution in [0, 0.1) is 35.5 Å². The molecule has 1 saturated carbocycles. The summed E-state index contributed by atoms with van der Waals surface area (Å²) in [6, 6.07) is -1.14. The molecule has 15 atom stereocenters. The van der Waals surface area contributed by atoms with Crippen LogP contribution in [0.3, 0.4) is 0 Å². The second kappa shape index (κ2) is 25.1. The van der Waals surface area contributed by atoms with E-state index in [1.165, 1.54) is 12.0 Å². The zero-order valence-corrected chi connectivity index (χ0v) is 40.6. The molecule has 0 aromatic carbocycles. The molecule has 65 heavy (non-hydrogen) atoms. The molecule has 2 bridgehead atoms. The predicted octanol–water partition coefficient (Wildman–Crippen LogP) is 6.18. The molecule has 2 saturated heterocycles. The van der Waals surface area contributed by atoms with Crippen molar-refractivity contribution in [2.24, 2.45) is 35.5 Å². The second-order valence-corrected chi connectivity index (χ2v) is 19.6. The second-order valence-electron chi connectivity index (χ2n) is 19.6. The first kappa shape index (κ1) is 54.2. The number of Topliss-reactive ketones (excluding diaryl/α,β-unsaturated/α-hetero) is 3. The maximum absolute atomic E-state index is 14.4. The van der Waals surface area contributed by atoms with Crippen LogP contribution in [0.4, 0.5) is 0 Å². The Balaban J connectivity index is 1.70. The summed E-state index contributed by atoms with van der Waals surface area (Å²) in [4.78, 5) is 71.8. The maximum atomic E-state index is 14.4. The lowest BCUT2D eigenvalue weighted by Crippen LogP contribution is -2.61. The molecule has 0 aromatic heterocycles. The van der Waals surface area contributed by atoms with Crippen molar-refractivity contribution in [3.8, 4) is 0 Å². The molecule has 14 nitrogen and oxygen atoms in total. The average molecular weight is 914 g/mol. The first-order valence-electron chi connectivity index (χ1n) is 23.9. The third-order valence-corrected chi connectivity index (χ3v) is 14.5. The Bertz CT molecular complexity index is 1760. The zero-order valence-electron chi connectivity index (χ0n) is 40.6. The number of fused-ring (bicyclic) bond motifs is 3. The quantitative estimate of drug-likeness (QED) is 0.156. The summed E-state index contributed by atoms with van der Waals surface area (Å²) in [6.45, 7) is 12.7. The van der Waals surface area contributed by atoms with Gasteiger partial charge in [-0.2, -0.15) is 0 Å². The van der Waals surface area contributed by atoms with Crippen LogP contribution in [0.15, 0.2) is 47.6 Å². The molecular formula is C51H79NO13. The molecule has 3 fully saturated rings. The number of nitrogens with zero attached hydrogens (tertiary/aromatic N) is 1. The number of ketones is 3. The van der Waals surface area contributed by atoms with Crippen molar-refractivity contribution in [3.63, 3.8) is 0 Å². The molecule has 3 heterocycles. The maximum Gasteiger partial charge on any atom is 0.329 e. The van der Waals surface area contributed by atoms with Gasteiger partial charge in [0.15, 0.2) is 5.78 Å². The minimum atomic E-state index is -2.43. The Morgan fingerprint density at radius 3 is 2.25 bits per heavy atom. The fourth-order valence-corrected chi connectivity index (χ4v) is 10.1. The van der Waals surface area contributed by atoms with E-state index in [1.54, 1.807) is 41.1 Å². The molecule has 366 valence electrons. The number of carbonyl (C=O) groups is 5. The molecule has 3 unspecified atom stereocenters. The van der Waals surface area contributed by atoms with Gasteiger partial charge in [0.2, 0.25) is 5.79 Å². The van der Waals surface area contributed by atoms with Crippen molar-refractivity contribution in [2.45, 2.75) is 180 Å². The van der Waals surface area contributed by atoms with E-state index in [0.717, 1.165) is 12.0 Å². The van der Waals surface area contributed by atoms with Gasteiger partial charge in [0, 0.05) is 58.5 Å². The molecule has 0 spiro atoms. The Labute approximate surface area is 387 Å². The summed E-state index contributed by atoms with van der Waals surface area (Å²) in [5.41, 5.74) is 1.27. The van der Waals surface area contributed by atoms with Gasteiger partial charge in [-0.15, -0.1) is 0 Å². The standard InChI is InChI=1S/C51H79NO13/c1-30-16-12-11-13-17-31(2)42(61-8)28-38-21-19-36(7)51(60,65-38)48(57)49(58)52-23-15-14-18-39(52)50(59)64-43(33(4)26-37-20-22-40(53)44(27-37)62-9)29-41(54)32(3)25-35(6)46(56)47(63-10)45(55)34(5)24-30/h11-13,16-17,25,30,32-34,36-40,42-44,46-47,53,56,60H,14-15,18-24,26-29H2,1-10H3/b13-11+,16-12+,31-17+,35-25+/t30-,32?,33-,34-,36-,37+,38+,39+,40-,42?,43+,44-,46?,47+,51-/m1/s1. The fraction of sp³-hybridized carbons (Fsp3) is 0.745. The van der Waals surface area contributed by atoms with Gasteiger partial charge in [0.1, 0.15) is 30.1 Å². The van der Waals surface area contributed by atoms with E-state index in [2.05, 4.69) is 0 Å². The van der Waals surface area contributed by atoms with Crippen molar-refractivity contribution >= 4 is 29.2 Å². The summed E-state index contributed by atoms with van der Waals surface area (Å²) in [7, 11) is 4.52. The van der Waals surface area contributed by atoms with Crippen LogP contribution < -0.4 is 0 Å². The van der Waals surface area contributed by atoms with E-state index in [4.69, 9.17) is 23.7 Å².